The second-order valence-corrected chi connectivity index (χ2v) is 6.69. The van der Waals surface area contributed by atoms with Crippen molar-refractivity contribution in [3.8, 4) is 11.5 Å². The number of carbonyl (C=O) groups is 1. The first-order chi connectivity index (χ1) is 14.0. The van der Waals surface area contributed by atoms with Crippen molar-refractivity contribution >= 4 is 11.7 Å². The third-order valence-electron chi connectivity index (χ3n) is 4.76. The lowest BCUT2D eigenvalue weighted by Crippen LogP contribution is -2.22. The van der Waals surface area contributed by atoms with E-state index in [2.05, 4.69) is 10.2 Å². The number of hydrogen-bond acceptors (Lipinski definition) is 7. The molecule has 3 rings (SSSR count). The average molecular weight is 395 g/mol. The van der Waals surface area contributed by atoms with Gasteiger partial charge >= 0.3 is 5.97 Å². The van der Waals surface area contributed by atoms with Crippen LogP contribution in [0.1, 0.15) is 37.6 Å². The quantitative estimate of drug-likeness (QED) is 0.313. The number of hydrogen-bond donors (Lipinski definition) is 0. The second kappa shape index (κ2) is 9.09. The summed E-state index contributed by atoms with van der Waals surface area (Å²) in [5.41, 5.74) is 1.42. The van der Waals surface area contributed by atoms with Gasteiger partial charge in [-0.15, -0.1) is 10.2 Å². The summed E-state index contributed by atoms with van der Waals surface area (Å²) in [5.74, 6) is -0.252. The Morgan fingerprint density at radius 3 is 2.45 bits per heavy atom. The highest BCUT2D eigenvalue weighted by molar-refractivity contribution is 5.78. The third kappa shape index (κ3) is 4.84. The maximum Gasteiger partial charge on any atom is 0.314 e. The summed E-state index contributed by atoms with van der Waals surface area (Å²) >= 11 is 0. The molecule has 0 saturated heterocycles. The Balaban J connectivity index is 1.67. The monoisotopic (exact) mass is 395 g/mol. The Kier molecular flexibility index (Phi) is 6.33. The molecule has 0 saturated carbocycles. The number of non-ortho nitro benzene ring substituents is 1. The smallest absolute Gasteiger partial charge is 0.314 e. The molecule has 0 aliphatic carbocycles. The van der Waals surface area contributed by atoms with Crippen LogP contribution in [0.15, 0.2) is 59.0 Å². The molecular weight excluding hydrogens is 374 g/mol. The van der Waals surface area contributed by atoms with Gasteiger partial charge in [0.05, 0.1) is 10.8 Å². The van der Waals surface area contributed by atoms with Gasteiger partial charge in [0.15, 0.2) is 6.61 Å². The zero-order chi connectivity index (χ0) is 20.8. The molecule has 29 heavy (non-hydrogen) atoms. The normalized spacial score (nSPS) is 12.9. The van der Waals surface area contributed by atoms with E-state index in [1.807, 2.05) is 44.2 Å². The molecule has 1 heterocycles. The van der Waals surface area contributed by atoms with Crippen molar-refractivity contribution in [1.82, 2.24) is 10.2 Å². The topological polar surface area (TPSA) is 108 Å². The van der Waals surface area contributed by atoms with Crippen LogP contribution in [0.25, 0.3) is 11.5 Å². The molecule has 0 unspecified atom stereocenters. The highest BCUT2D eigenvalue weighted by Gasteiger charge is 2.27. The van der Waals surface area contributed by atoms with Gasteiger partial charge < -0.3 is 9.15 Å². The van der Waals surface area contributed by atoms with Gasteiger partial charge in [-0.1, -0.05) is 50.6 Å². The maximum atomic E-state index is 12.7. The van der Waals surface area contributed by atoms with E-state index in [0.717, 1.165) is 12.0 Å². The number of nitro benzene ring substituents is 1. The van der Waals surface area contributed by atoms with Crippen molar-refractivity contribution in [3.05, 3.63) is 76.2 Å². The molecule has 150 valence electrons. The molecule has 8 heteroatoms. The first-order valence-electron chi connectivity index (χ1n) is 9.28. The van der Waals surface area contributed by atoms with Gasteiger partial charge in [-0.3, -0.25) is 14.9 Å². The molecule has 1 aromatic heterocycles. The highest BCUT2D eigenvalue weighted by atomic mass is 16.6. The Hall–Kier alpha value is -3.55. The highest BCUT2D eigenvalue weighted by Crippen LogP contribution is 2.29. The van der Waals surface area contributed by atoms with Gasteiger partial charge in [0.2, 0.25) is 5.89 Å². The van der Waals surface area contributed by atoms with E-state index >= 15 is 0 Å². The number of esters is 1. The fourth-order valence-corrected chi connectivity index (χ4v) is 2.97. The maximum absolute atomic E-state index is 12.7. The minimum Gasteiger partial charge on any atom is -0.455 e. The lowest BCUT2D eigenvalue weighted by molar-refractivity contribution is -0.384. The second-order valence-electron chi connectivity index (χ2n) is 6.69. The van der Waals surface area contributed by atoms with Crippen LogP contribution in [0.2, 0.25) is 0 Å². The van der Waals surface area contributed by atoms with E-state index in [-0.39, 0.29) is 41.9 Å². The van der Waals surface area contributed by atoms with Crippen LogP contribution in [0.4, 0.5) is 5.69 Å². The summed E-state index contributed by atoms with van der Waals surface area (Å²) in [6.07, 6.45) is 0.833. The van der Waals surface area contributed by atoms with E-state index in [0.29, 0.717) is 5.56 Å². The largest absolute Gasteiger partial charge is 0.455 e. The van der Waals surface area contributed by atoms with Gasteiger partial charge in [0.25, 0.3) is 11.6 Å². The van der Waals surface area contributed by atoms with E-state index in [9.17, 15) is 14.9 Å². The Labute approximate surface area is 167 Å². The van der Waals surface area contributed by atoms with Gasteiger partial charge in [-0.25, -0.2) is 0 Å². The Morgan fingerprint density at radius 1 is 1.14 bits per heavy atom. The van der Waals surface area contributed by atoms with Crippen molar-refractivity contribution in [2.24, 2.45) is 5.92 Å². The number of carbonyl (C=O) groups excluding carboxylic acids is 1. The summed E-state index contributed by atoms with van der Waals surface area (Å²) in [6.45, 7) is 3.90. The van der Waals surface area contributed by atoms with E-state index in [1.54, 1.807) is 0 Å². The van der Waals surface area contributed by atoms with Crippen LogP contribution in [0, 0.1) is 16.0 Å². The number of nitrogens with zero attached hydrogens (tertiary/aromatic N) is 3. The standard InChI is InChI=1S/C21H21N3O5/c1-3-14(2)19(15-7-5-4-6-8-15)21(25)28-13-18-22-23-20(29-18)16-9-11-17(12-10-16)24(26)27/h4-12,14,19H,3,13H2,1-2H3/t14-,19-/m0/s1. The molecular formula is C21H21N3O5. The first kappa shape index (κ1) is 20.2. The van der Waals surface area contributed by atoms with Crippen LogP contribution in [-0.4, -0.2) is 21.1 Å². The number of ether oxygens (including phenoxy) is 1. The van der Waals surface area contributed by atoms with E-state index in [1.165, 1.54) is 24.3 Å². The molecule has 0 spiro atoms. The molecule has 0 aliphatic heterocycles. The molecule has 2 atom stereocenters. The summed E-state index contributed by atoms with van der Waals surface area (Å²) in [5, 5.41) is 18.5. The molecule has 0 amide bonds. The molecule has 0 N–H and O–H groups in total. The first-order valence-corrected chi connectivity index (χ1v) is 9.28. The van der Waals surface area contributed by atoms with E-state index < -0.39 is 4.92 Å². The molecule has 0 aliphatic rings. The number of aromatic nitrogens is 2. The number of rotatable bonds is 8. The van der Waals surface area contributed by atoms with E-state index in [4.69, 9.17) is 9.15 Å². The van der Waals surface area contributed by atoms with Crippen molar-refractivity contribution in [3.63, 3.8) is 0 Å². The molecule has 0 fully saturated rings. The van der Waals surface area contributed by atoms with Crippen LogP contribution in [-0.2, 0) is 16.1 Å². The average Bonchev–Trinajstić information content (AvgIpc) is 3.22. The van der Waals surface area contributed by atoms with Gasteiger partial charge in [-0.2, -0.15) is 0 Å². The van der Waals surface area contributed by atoms with Crippen LogP contribution in [0.5, 0.6) is 0 Å². The summed E-state index contributed by atoms with van der Waals surface area (Å²) in [7, 11) is 0. The summed E-state index contributed by atoms with van der Waals surface area (Å²) in [6, 6.07) is 15.3. The van der Waals surface area contributed by atoms with Gasteiger partial charge in [-0.05, 0) is 23.6 Å². The number of nitro groups is 1. The Morgan fingerprint density at radius 2 is 1.83 bits per heavy atom. The predicted molar refractivity (Wildman–Crippen MR) is 105 cm³/mol. The van der Waals surface area contributed by atoms with Crippen LogP contribution in [0.3, 0.4) is 0 Å². The molecule has 2 aromatic carbocycles. The molecule has 8 nitrogen and oxygen atoms in total. The fourth-order valence-electron chi connectivity index (χ4n) is 2.97. The SMILES string of the molecule is CC[C@H](C)[C@H](C(=O)OCc1nnc(-c2ccc([N+](=O)[O-])cc2)o1)c1ccccc1. The molecule has 0 bridgehead atoms. The predicted octanol–water partition coefficient (Wildman–Crippen LogP) is 4.52. The van der Waals surface area contributed by atoms with Crippen molar-refractivity contribution < 1.29 is 18.9 Å². The van der Waals surface area contributed by atoms with Crippen LogP contribution < -0.4 is 0 Å². The summed E-state index contributed by atoms with van der Waals surface area (Å²) < 4.78 is 11.0. The minimum absolute atomic E-state index is 0.0283. The van der Waals surface area contributed by atoms with Crippen molar-refractivity contribution in [1.29, 1.82) is 0 Å². The van der Waals surface area contributed by atoms with Crippen molar-refractivity contribution in [2.75, 3.05) is 0 Å². The van der Waals surface area contributed by atoms with Crippen LogP contribution >= 0.6 is 0 Å². The van der Waals surface area contributed by atoms with Gasteiger partial charge in [0, 0.05) is 17.7 Å². The van der Waals surface area contributed by atoms with Gasteiger partial charge in [0.1, 0.15) is 0 Å². The zero-order valence-corrected chi connectivity index (χ0v) is 16.1. The zero-order valence-electron chi connectivity index (χ0n) is 16.1. The fraction of sp³-hybridized carbons (Fsp3) is 0.286. The summed E-state index contributed by atoms with van der Waals surface area (Å²) in [4.78, 5) is 23.0. The lowest BCUT2D eigenvalue weighted by atomic mass is 9.86. The minimum atomic E-state index is -0.483. The Bertz CT molecular complexity index is 969. The van der Waals surface area contributed by atoms with Crippen molar-refractivity contribution in [2.45, 2.75) is 32.8 Å². The number of benzene rings is 2. The third-order valence-corrected chi connectivity index (χ3v) is 4.76. The molecule has 3 aromatic rings. The lowest BCUT2D eigenvalue weighted by Gasteiger charge is -2.21. The molecule has 0 radical (unpaired) electrons.